The summed E-state index contributed by atoms with van der Waals surface area (Å²) in [6.45, 7) is 4.04. The lowest BCUT2D eigenvalue weighted by atomic mass is 10.1. The molecule has 0 aliphatic heterocycles. The number of carbonyl (C=O) groups excluding carboxylic acids is 2. The summed E-state index contributed by atoms with van der Waals surface area (Å²) in [7, 11) is 0. The number of hydrogen-bond donors (Lipinski definition) is 1. The predicted octanol–water partition coefficient (Wildman–Crippen LogP) is 2.56. The number of aromatic nitrogens is 1. The van der Waals surface area contributed by atoms with Crippen LogP contribution in [-0.4, -0.2) is 16.8 Å². The maximum Gasteiger partial charge on any atom is 0.244 e. The maximum absolute atomic E-state index is 12.0. The molecular formula is C15H16N2O2. The average molecular weight is 256 g/mol. The van der Waals surface area contributed by atoms with Gasteiger partial charge in [0, 0.05) is 11.9 Å². The van der Waals surface area contributed by atoms with E-state index < -0.39 is 0 Å². The first-order chi connectivity index (χ1) is 9.11. The summed E-state index contributed by atoms with van der Waals surface area (Å²) in [5.41, 5.74) is 3.39. The van der Waals surface area contributed by atoms with Gasteiger partial charge in [-0.05, 0) is 37.1 Å². The molecule has 1 amide bonds. The lowest BCUT2D eigenvalue weighted by molar-refractivity contribution is -0.116. The van der Waals surface area contributed by atoms with E-state index in [0.717, 1.165) is 23.1 Å². The molecule has 0 fully saturated rings. The Bertz CT molecular complexity index is 594. The second-order valence-corrected chi connectivity index (χ2v) is 4.49. The zero-order valence-corrected chi connectivity index (χ0v) is 11.0. The van der Waals surface area contributed by atoms with Gasteiger partial charge in [-0.15, -0.1) is 0 Å². The molecule has 0 aliphatic carbocycles. The van der Waals surface area contributed by atoms with Crippen LogP contribution in [0.25, 0.3) is 0 Å². The topological polar surface area (TPSA) is 51.1 Å². The van der Waals surface area contributed by atoms with Gasteiger partial charge in [0.05, 0.1) is 5.69 Å². The number of anilines is 1. The molecule has 0 aliphatic rings. The largest absolute Gasteiger partial charge is 0.336 e. The van der Waals surface area contributed by atoms with E-state index in [0.29, 0.717) is 5.69 Å². The Morgan fingerprint density at radius 3 is 2.53 bits per heavy atom. The smallest absolute Gasteiger partial charge is 0.244 e. The van der Waals surface area contributed by atoms with Crippen molar-refractivity contribution in [1.29, 1.82) is 0 Å². The van der Waals surface area contributed by atoms with Gasteiger partial charge in [-0.1, -0.05) is 18.2 Å². The number of para-hydroxylation sites is 1. The van der Waals surface area contributed by atoms with Crippen LogP contribution in [0, 0.1) is 13.8 Å². The summed E-state index contributed by atoms with van der Waals surface area (Å²) in [5.74, 6) is -0.142. The average Bonchev–Trinajstić information content (AvgIpc) is 2.81. The lowest BCUT2D eigenvalue weighted by Crippen LogP contribution is -2.20. The molecule has 2 aromatic rings. The van der Waals surface area contributed by atoms with Gasteiger partial charge >= 0.3 is 0 Å². The third kappa shape index (κ3) is 2.91. The first-order valence-corrected chi connectivity index (χ1v) is 6.08. The van der Waals surface area contributed by atoms with Crippen LogP contribution in [0.4, 0.5) is 5.69 Å². The minimum atomic E-state index is -0.142. The van der Waals surface area contributed by atoms with Gasteiger partial charge in [-0.2, -0.15) is 0 Å². The molecule has 98 valence electrons. The Morgan fingerprint density at radius 1 is 1.21 bits per heavy atom. The molecule has 0 saturated carbocycles. The second-order valence-electron chi connectivity index (χ2n) is 4.49. The van der Waals surface area contributed by atoms with E-state index in [9.17, 15) is 9.59 Å². The van der Waals surface area contributed by atoms with Crippen LogP contribution in [0.3, 0.4) is 0 Å². The van der Waals surface area contributed by atoms with Crippen molar-refractivity contribution in [2.75, 3.05) is 5.32 Å². The van der Waals surface area contributed by atoms with Crippen LogP contribution >= 0.6 is 0 Å². The van der Waals surface area contributed by atoms with E-state index in [4.69, 9.17) is 0 Å². The molecule has 19 heavy (non-hydrogen) atoms. The van der Waals surface area contributed by atoms with Crippen LogP contribution in [0.5, 0.6) is 0 Å². The van der Waals surface area contributed by atoms with Crippen LogP contribution in [0.15, 0.2) is 36.5 Å². The first kappa shape index (κ1) is 13.1. The molecule has 0 unspecified atom stereocenters. The van der Waals surface area contributed by atoms with Crippen molar-refractivity contribution in [3.8, 4) is 0 Å². The number of rotatable bonds is 4. The molecule has 4 nitrogen and oxygen atoms in total. The highest BCUT2D eigenvalue weighted by molar-refractivity contribution is 5.92. The van der Waals surface area contributed by atoms with Crippen molar-refractivity contribution < 1.29 is 9.59 Å². The summed E-state index contributed by atoms with van der Waals surface area (Å²) in [4.78, 5) is 22.8. The zero-order valence-electron chi connectivity index (χ0n) is 11.0. The van der Waals surface area contributed by atoms with Gasteiger partial charge in [-0.25, -0.2) is 0 Å². The fourth-order valence-electron chi connectivity index (χ4n) is 2.02. The zero-order chi connectivity index (χ0) is 13.8. The predicted molar refractivity (Wildman–Crippen MR) is 74.4 cm³/mol. The third-order valence-electron chi connectivity index (χ3n) is 3.04. The van der Waals surface area contributed by atoms with Crippen LogP contribution in [0.1, 0.15) is 21.6 Å². The number of nitrogens with zero attached hydrogens (tertiary/aromatic N) is 1. The standard InChI is InChI=1S/C15H16N2O2/c1-11-5-3-6-12(2)15(11)16-14(19)9-17-8-4-7-13(17)10-18/h3-8,10H,9H2,1-2H3,(H,16,19). The highest BCUT2D eigenvalue weighted by Crippen LogP contribution is 2.19. The Labute approximate surface area is 112 Å². The molecule has 1 heterocycles. The number of hydrogen-bond acceptors (Lipinski definition) is 2. The SMILES string of the molecule is Cc1cccc(C)c1NC(=O)Cn1cccc1C=O. The molecule has 2 rings (SSSR count). The highest BCUT2D eigenvalue weighted by atomic mass is 16.2. The van der Waals surface area contributed by atoms with Gasteiger partial charge in [0.25, 0.3) is 0 Å². The highest BCUT2D eigenvalue weighted by Gasteiger charge is 2.09. The number of aryl methyl sites for hydroxylation is 2. The summed E-state index contributed by atoms with van der Waals surface area (Å²) >= 11 is 0. The molecule has 0 spiro atoms. The number of benzene rings is 1. The second kappa shape index (κ2) is 5.52. The normalized spacial score (nSPS) is 10.2. The van der Waals surface area contributed by atoms with E-state index >= 15 is 0 Å². The Kier molecular flexibility index (Phi) is 3.80. The van der Waals surface area contributed by atoms with Gasteiger partial charge in [0.1, 0.15) is 6.54 Å². The Balaban J connectivity index is 2.12. The van der Waals surface area contributed by atoms with E-state index in [1.807, 2.05) is 32.0 Å². The summed E-state index contributed by atoms with van der Waals surface area (Å²) in [5, 5.41) is 2.89. The van der Waals surface area contributed by atoms with Gasteiger partial charge < -0.3 is 9.88 Å². The Morgan fingerprint density at radius 2 is 1.89 bits per heavy atom. The molecule has 0 saturated heterocycles. The molecular weight excluding hydrogens is 240 g/mol. The van der Waals surface area contributed by atoms with Crippen molar-refractivity contribution >= 4 is 17.9 Å². The third-order valence-corrected chi connectivity index (χ3v) is 3.04. The Hall–Kier alpha value is -2.36. The fourth-order valence-corrected chi connectivity index (χ4v) is 2.02. The van der Waals surface area contributed by atoms with Crippen molar-refractivity contribution in [1.82, 2.24) is 4.57 Å². The van der Waals surface area contributed by atoms with E-state index in [2.05, 4.69) is 5.32 Å². The fraction of sp³-hybridized carbons (Fsp3) is 0.200. The van der Waals surface area contributed by atoms with E-state index in [-0.39, 0.29) is 12.5 Å². The summed E-state index contributed by atoms with van der Waals surface area (Å²) in [6.07, 6.45) is 2.46. The van der Waals surface area contributed by atoms with E-state index in [1.165, 1.54) is 0 Å². The van der Waals surface area contributed by atoms with Crippen molar-refractivity contribution in [2.45, 2.75) is 20.4 Å². The first-order valence-electron chi connectivity index (χ1n) is 6.08. The minimum Gasteiger partial charge on any atom is -0.336 e. The van der Waals surface area contributed by atoms with Crippen LogP contribution < -0.4 is 5.32 Å². The van der Waals surface area contributed by atoms with Crippen molar-refractivity contribution in [3.63, 3.8) is 0 Å². The minimum absolute atomic E-state index is 0.134. The molecule has 1 aromatic heterocycles. The molecule has 0 radical (unpaired) electrons. The van der Waals surface area contributed by atoms with Gasteiger partial charge in [0.2, 0.25) is 5.91 Å². The van der Waals surface area contributed by atoms with Crippen LogP contribution in [0.2, 0.25) is 0 Å². The van der Waals surface area contributed by atoms with Crippen molar-refractivity contribution in [2.24, 2.45) is 0 Å². The molecule has 1 N–H and O–H groups in total. The molecule has 0 atom stereocenters. The molecule has 1 aromatic carbocycles. The van der Waals surface area contributed by atoms with Gasteiger partial charge in [-0.3, -0.25) is 9.59 Å². The molecule has 4 heteroatoms. The molecule has 0 bridgehead atoms. The summed E-state index contributed by atoms with van der Waals surface area (Å²) < 4.78 is 1.62. The van der Waals surface area contributed by atoms with Gasteiger partial charge in [0.15, 0.2) is 6.29 Å². The number of amides is 1. The van der Waals surface area contributed by atoms with E-state index in [1.54, 1.807) is 22.9 Å². The monoisotopic (exact) mass is 256 g/mol. The quantitative estimate of drug-likeness (QED) is 0.855. The lowest BCUT2D eigenvalue weighted by Gasteiger charge is -2.12. The maximum atomic E-state index is 12.0. The number of nitrogens with one attached hydrogen (secondary N) is 1. The summed E-state index contributed by atoms with van der Waals surface area (Å²) in [6, 6.07) is 9.29. The number of carbonyl (C=O) groups is 2. The van der Waals surface area contributed by atoms with Crippen molar-refractivity contribution in [3.05, 3.63) is 53.3 Å². The number of aldehydes is 1. The van der Waals surface area contributed by atoms with Crippen LogP contribution in [-0.2, 0) is 11.3 Å².